The van der Waals surface area contributed by atoms with Gasteiger partial charge in [0, 0.05) is 76.1 Å². The van der Waals surface area contributed by atoms with Gasteiger partial charge in [-0.25, -0.2) is 24.7 Å². The highest BCUT2D eigenvalue weighted by molar-refractivity contribution is 7.26. The van der Waals surface area contributed by atoms with E-state index in [1.807, 2.05) is 24.3 Å². The number of fused-ring (bicyclic) bond motifs is 6. The van der Waals surface area contributed by atoms with Gasteiger partial charge in [-0.2, -0.15) is 0 Å². The molecule has 0 unspecified atom stereocenters. The number of benzene rings is 2. The maximum atomic E-state index is 11.9. The summed E-state index contributed by atoms with van der Waals surface area (Å²) in [6.07, 6.45) is 12.5. The molecule has 4 aliphatic rings. The summed E-state index contributed by atoms with van der Waals surface area (Å²) in [6, 6.07) is 13.3. The SMILES string of the molecule is CC(=O)c1ccc2sc3ncnc(NC4CCC(N5CCOCC5)CC4)c3c2c1.O=C(O)c1ccc2sc3ncnc(NC4CCC(N5CCOCC5)CC4)c3c2c1. The highest BCUT2D eigenvalue weighted by atomic mass is 32.1. The Hall–Kier alpha value is -4.38. The number of thiophene rings is 2. The number of aromatic carboxylic acids is 1. The van der Waals surface area contributed by atoms with E-state index in [1.54, 1.807) is 54.4 Å². The van der Waals surface area contributed by atoms with Crippen molar-refractivity contribution in [2.75, 3.05) is 63.2 Å². The number of Topliss-reactive ketones (excluding diaryl/α,β-unsaturated/α-hetero) is 1. The van der Waals surface area contributed by atoms with Crippen LogP contribution in [0.25, 0.3) is 40.6 Å². The predicted molar refractivity (Wildman–Crippen MR) is 231 cm³/mol. The van der Waals surface area contributed by atoms with Crippen LogP contribution in [0.2, 0.25) is 0 Å². The average Bonchev–Trinajstić information content (AvgIpc) is 3.84. The molecule has 4 aromatic heterocycles. The fourth-order valence-corrected chi connectivity index (χ4v) is 11.3. The van der Waals surface area contributed by atoms with Crippen LogP contribution in [0.5, 0.6) is 0 Å². The second-order valence-electron chi connectivity index (χ2n) is 15.9. The fraction of sp³-hybridized carbons (Fsp3) is 0.488. The van der Waals surface area contributed by atoms with E-state index < -0.39 is 5.97 Å². The Balaban J connectivity index is 0.000000150. The molecule has 2 aliphatic carbocycles. The third kappa shape index (κ3) is 8.38. The minimum atomic E-state index is -0.918. The molecule has 0 bridgehead atoms. The summed E-state index contributed by atoms with van der Waals surface area (Å²) in [6.45, 7) is 9.25. The maximum Gasteiger partial charge on any atom is 0.335 e. The summed E-state index contributed by atoms with van der Waals surface area (Å²) < 4.78 is 13.1. The Morgan fingerprint density at radius 2 is 1.07 bits per heavy atom. The summed E-state index contributed by atoms with van der Waals surface area (Å²) in [4.78, 5) is 48.3. The third-order valence-corrected chi connectivity index (χ3v) is 14.5. The van der Waals surface area contributed by atoms with E-state index in [0.717, 1.165) is 136 Å². The van der Waals surface area contributed by atoms with Gasteiger partial charge in [-0.3, -0.25) is 14.6 Å². The number of hydrogen-bond acceptors (Lipinski definition) is 14. The van der Waals surface area contributed by atoms with Crippen molar-refractivity contribution < 1.29 is 24.2 Å². The van der Waals surface area contributed by atoms with Crippen molar-refractivity contribution in [3.8, 4) is 0 Å². The Bertz CT molecular complexity index is 2240. The van der Waals surface area contributed by atoms with E-state index >= 15 is 0 Å². The van der Waals surface area contributed by atoms with Gasteiger partial charge in [-0.15, -0.1) is 22.7 Å². The molecule has 3 N–H and O–H groups in total. The number of rotatable bonds is 8. The van der Waals surface area contributed by atoms with Gasteiger partial charge in [0.15, 0.2) is 5.78 Å². The van der Waals surface area contributed by atoms with E-state index in [0.29, 0.717) is 24.2 Å². The van der Waals surface area contributed by atoms with E-state index in [1.165, 1.54) is 25.7 Å². The first kappa shape index (κ1) is 39.1. The third-order valence-electron chi connectivity index (χ3n) is 12.4. The summed E-state index contributed by atoms with van der Waals surface area (Å²) in [5.41, 5.74) is 1.02. The molecule has 0 atom stereocenters. The van der Waals surface area contributed by atoms with Crippen LogP contribution >= 0.6 is 22.7 Å². The molecule has 2 aromatic carbocycles. The predicted octanol–water partition coefficient (Wildman–Crippen LogP) is 7.70. The summed E-state index contributed by atoms with van der Waals surface area (Å²) in [5, 5.41) is 20.7. The van der Waals surface area contributed by atoms with Crippen molar-refractivity contribution in [3.05, 3.63) is 60.2 Å². The minimum absolute atomic E-state index is 0.0824. The molecule has 0 spiro atoms. The summed E-state index contributed by atoms with van der Waals surface area (Å²) >= 11 is 3.23. The van der Waals surface area contributed by atoms with Crippen LogP contribution in [0.3, 0.4) is 0 Å². The van der Waals surface area contributed by atoms with Crippen molar-refractivity contribution in [1.82, 2.24) is 29.7 Å². The lowest BCUT2D eigenvalue weighted by Crippen LogP contribution is -2.46. The van der Waals surface area contributed by atoms with E-state index in [2.05, 4.69) is 40.4 Å². The molecular weight excluding hydrogens is 773 g/mol. The molecule has 15 heteroatoms. The number of hydrogen-bond donors (Lipinski definition) is 3. The van der Waals surface area contributed by atoms with Gasteiger partial charge in [-0.1, -0.05) is 0 Å². The molecule has 58 heavy (non-hydrogen) atoms. The van der Waals surface area contributed by atoms with Crippen molar-refractivity contribution in [2.45, 2.75) is 82.5 Å². The summed E-state index contributed by atoms with van der Waals surface area (Å²) in [5.74, 6) is 0.883. The minimum Gasteiger partial charge on any atom is -0.478 e. The standard InChI is InChI=1S/C22H26N4O2S.C21H24N4O3S/c1-14(27)15-2-7-19-18(12-15)20-21(23-13-24-22(20)29-19)25-16-3-5-17(6-4-16)26-8-10-28-11-9-26;26-21(27)13-1-6-17-16(11-13)18-19(22-12-23-20(18)29-17)24-14-2-4-15(5-3-14)25-7-9-28-10-8-25/h2,7,12-13,16-17H,3-6,8-11H2,1H3,(H,23,24,25);1,6,11-12,14-15H,2-5,7-10H2,(H,26,27)(H,22,23,24). The van der Waals surface area contributed by atoms with Gasteiger partial charge in [0.25, 0.3) is 0 Å². The quantitative estimate of drug-likeness (QED) is 0.129. The molecule has 304 valence electrons. The van der Waals surface area contributed by atoms with Gasteiger partial charge < -0.3 is 25.2 Å². The van der Waals surface area contributed by atoms with Gasteiger partial charge in [0.05, 0.1) is 42.8 Å². The molecule has 0 amide bonds. The van der Waals surface area contributed by atoms with Crippen molar-refractivity contribution >= 4 is 86.7 Å². The van der Waals surface area contributed by atoms with E-state index in [4.69, 9.17) is 9.47 Å². The summed E-state index contributed by atoms with van der Waals surface area (Å²) in [7, 11) is 0. The van der Waals surface area contributed by atoms with Crippen LogP contribution in [0.15, 0.2) is 49.1 Å². The Kier molecular flexibility index (Phi) is 11.8. The Labute approximate surface area is 345 Å². The number of ketones is 1. The molecule has 4 fully saturated rings. The smallest absolute Gasteiger partial charge is 0.335 e. The van der Waals surface area contributed by atoms with Crippen LogP contribution < -0.4 is 10.6 Å². The van der Waals surface area contributed by atoms with Gasteiger partial charge in [0.2, 0.25) is 0 Å². The number of morpholine rings is 2. The number of carbonyl (C=O) groups is 2. The van der Waals surface area contributed by atoms with Crippen LogP contribution in [-0.4, -0.2) is 123 Å². The zero-order valence-electron chi connectivity index (χ0n) is 32.8. The number of nitrogens with zero attached hydrogens (tertiary/aromatic N) is 6. The number of nitrogens with one attached hydrogen (secondary N) is 2. The lowest BCUT2D eigenvalue weighted by molar-refractivity contribution is 0.00788. The van der Waals surface area contributed by atoms with Crippen molar-refractivity contribution in [3.63, 3.8) is 0 Å². The van der Waals surface area contributed by atoms with Crippen LogP contribution in [0.4, 0.5) is 11.6 Å². The van der Waals surface area contributed by atoms with Gasteiger partial charge >= 0.3 is 5.97 Å². The molecular formula is C43H50N8O5S2. The zero-order chi connectivity index (χ0) is 39.6. The highest BCUT2D eigenvalue weighted by Crippen LogP contribution is 2.39. The number of anilines is 2. The van der Waals surface area contributed by atoms with Crippen LogP contribution in [0.1, 0.15) is 79.0 Å². The normalized spacial score (nSPS) is 23.5. The number of carboxylic acid groups (broad SMARTS) is 1. The van der Waals surface area contributed by atoms with Crippen LogP contribution in [0, 0.1) is 0 Å². The second kappa shape index (κ2) is 17.5. The topological polar surface area (TPSA) is 155 Å². The molecule has 2 saturated carbocycles. The monoisotopic (exact) mass is 822 g/mol. The van der Waals surface area contributed by atoms with Gasteiger partial charge in [0.1, 0.15) is 34.0 Å². The molecule has 13 nitrogen and oxygen atoms in total. The number of ether oxygens (including phenoxy) is 2. The second-order valence-corrected chi connectivity index (χ2v) is 17.9. The van der Waals surface area contributed by atoms with Gasteiger partial charge in [-0.05, 0) is 94.7 Å². The van der Waals surface area contributed by atoms with Crippen molar-refractivity contribution in [2.24, 2.45) is 0 Å². The molecule has 6 aromatic rings. The zero-order valence-corrected chi connectivity index (χ0v) is 34.5. The number of carboxylic acids is 1. The first-order valence-electron chi connectivity index (χ1n) is 20.6. The number of carbonyl (C=O) groups excluding carboxylic acids is 1. The molecule has 10 rings (SSSR count). The average molecular weight is 823 g/mol. The highest BCUT2D eigenvalue weighted by Gasteiger charge is 2.29. The Morgan fingerprint density at radius 3 is 1.50 bits per heavy atom. The number of aromatic nitrogens is 4. The van der Waals surface area contributed by atoms with Crippen molar-refractivity contribution in [1.29, 1.82) is 0 Å². The largest absolute Gasteiger partial charge is 0.478 e. The molecule has 2 aliphatic heterocycles. The molecule has 6 heterocycles. The van der Waals surface area contributed by atoms with E-state index in [9.17, 15) is 14.7 Å². The van der Waals surface area contributed by atoms with Crippen LogP contribution in [-0.2, 0) is 9.47 Å². The maximum absolute atomic E-state index is 11.9. The fourth-order valence-electron chi connectivity index (χ4n) is 9.23. The Morgan fingerprint density at radius 1 is 0.638 bits per heavy atom. The van der Waals surface area contributed by atoms with E-state index in [-0.39, 0.29) is 11.3 Å². The molecule has 0 radical (unpaired) electrons. The molecule has 2 saturated heterocycles. The lowest BCUT2D eigenvalue weighted by Gasteiger charge is -2.39. The first-order chi connectivity index (χ1) is 28.4. The lowest BCUT2D eigenvalue weighted by atomic mass is 9.90. The first-order valence-corrected chi connectivity index (χ1v) is 22.3.